The van der Waals surface area contributed by atoms with E-state index in [0.29, 0.717) is 4.90 Å². The van der Waals surface area contributed by atoms with Crippen LogP contribution in [0.3, 0.4) is 0 Å². The molecule has 0 amide bonds. The Morgan fingerprint density at radius 3 is 2.83 bits per heavy atom. The number of alkyl halides is 2. The third kappa shape index (κ3) is 2.79. The van der Waals surface area contributed by atoms with Crippen LogP contribution in [0.15, 0.2) is 35.5 Å². The summed E-state index contributed by atoms with van der Waals surface area (Å²) < 4.78 is 39.0. The van der Waals surface area contributed by atoms with Crippen molar-refractivity contribution in [2.45, 2.75) is 17.2 Å². The van der Waals surface area contributed by atoms with E-state index in [-0.39, 0.29) is 17.3 Å². The van der Waals surface area contributed by atoms with Gasteiger partial charge in [-0.2, -0.15) is 8.78 Å². The van der Waals surface area contributed by atoms with Crippen LogP contribution in [-0.4, -0.2) is 9.55 Å². The highest BCUT2D eigenvalue weighted by Gasteiger charge is 2.11. The summed E-state index contributed by atoms with van der Waals surface area (Å²) in [4.78, 5) is 4.45. The van der Waals surface area contributed by atoms with E-state index in [4.69, 9.17) is 5.73 Å². The maximum atomic E-state index is 13.2. The Kier molecular flexibility index (Phi) is 3.81. The molecule has 0 saturated carbocycles. The molecule has 0 saturated heterocycles. The molecule has 96 valence electrons. The summed E-state index contributed by atoms with van der Waals surface area (Å²) in [7, 11) is 0. The Morgan fingerprint density at radius 2 is 2.17 bits per heavy atom. The number of nitrogens with two attached hydrogens (primary N) is 1. The predicted octanol–water partition coefficient (Wildman–Crippen LogP) is 3.29. The average Bonchev–Trinajstić information content (AvgIpc) is 2.79. The van der Waals surface area contributed by atoms with Crippen LogP contribution in [0.1, 0.15) is 12.4 Å². The van der Waals surface area contributed by atoms with Crippen molar-refractivity contribution in [2.75, 3.05) is 5.73 Å². The largest absolute Gasteiger partial charge is 0.396 e. The molecule has 1 aromatic heterocycles. The summed E-state index contributed by atoms with van der Waals surface area (Å²) in [6.45, 7) is -2.62. The number of aromatic nitrogens is 2. The quantitative estimate of drug-likeness (QED) is 0.686. The van der Waals surface area contributed by atoms with Crippen LogP contribution < -0.4 is 5.73 Å². The molecular formula is C11H10F3N3S. The summed E-state index contributed by atoms with van der Waals surface area (Å²) in [5, 5.41) is 0. The minimum absolute atomic E-state index is 0.0634. The molecule has 2 rings (SSSR count). The molecular weight excluding hydrogens is 263 g/mol. The van der Waals surface area contributed by atoms with E-state index in [1.807, 2.05) is 0 Å². The predicted molar refractivity (Wildman–Crippen MR) is 63.9 cm³/mol. The second-order valence-corrected chi connectivity index (χ2v) is 4.55. The third-order valence-electron chi connectivity index (χ3n) is 2.30. The number of nitrogens with zero attached hydrogens (tertiary/aromatic N) is 2. The summed E-state index contributed by atoms with van der Waals surface area (Å²) in [6, 6.07) is 4.35. The zero-order valence-electron chi connectivity index (χ0n) is 9.19. The van der Waals surface area contributed by atoms with E-state index in [1.54, 1.807) is 6.07 Å². The number of anilines is 1. The molecule has 0 spiro atoms. The molecule has 0 atom stereocenters. The Balaban J connectivity index is 2.07. The van der Waals surface area contributed by atoms with Crippen molar-refractivity contribution in [3.05, 3.63) is 42.2 Å². The maximum absolute atomic E-state index is 13.2. The zero-order valence-corrected chi connectivity index (χ0v) is 10.0. The van der Waals surface area contributed by atoms with E-state index in [9.17, 15) is 13.2 Å². The number of benzene rings is 1. The van der Waals surface area contributed by atoms with Gasteiger partial charge in [0.2, 0.25) is 0 Å². The summed E-state index contributed by atoms with van der Waals surface area (Å²) in [5.41, 5.74) is 5.41. The van der Waals surface area contributed by atoms with Gasteiger partial charge in [0.1, 0.15) is 11.6 Å². The van der Waals surface area contributed by atoms with Crippen LogP contribution in [0.25, 0.3) is 0 Å². The summed E-state index contributed by atoms with van der Waals surface area (Å²) >= 11 is 1.22. The fraction of sp³-hybridized carbons (Fsp3) is 0.182. The number of imidazole rings is 1. The lowest BCUT2D eigenvalue weighted by molar-refractivity contribution is 0.0678. The number of hydrogen-bond donors (Lipinski definition) is 1. The van der Waals surface area contributed by atoms with Crippen LogP contribution in [0, 0.1) is 5.82 Å². The first-order valence-electron chi connectivity index (χ1n) is 5.05. The van der Waals surface area contributed by atoms with E-state index < -0.39 is 12.4 Å². The van der Waals surface area contributed by atoms with Gasteiger partial charge in [-0.25, -0.2) is 9.37 Å². The minimum Gasteiger partial charge on any atom is -0.396 e. The van der Waals surface area contributed by atoms with Gasteiger partial charge in [0.25, 0.3) is 0 Å². The van der Waals surface area contributed by atoms with Gasteiger partial charge in [-0.05, 0) is 18.2 Å². The zero-order chi connectivity index (χ0) is 13.1. The first-order valence-corrected chi connectivity index (χ1v) is 6.04. The second kappa shape index (κ2) is 5.34. The summed E-state index contributed by atoms with van der Waals surface area (Å²) in [6.07, 6.45) is 2.52. The van der Waals surface area contributed by atoms with Crippen molar-refractivity contribution < 1.29 is 13.2 Å². The van der Waals surface area contributed by atoms with Gasteiger partial charge in [0, 0.05) is 17.3 Å². The van der Waals surface area contributed by atoms with Gasteiger partial charge in [0.05, 0.1) is 11.4 Å². The first kappa shape index (κ1) is 12.8. The molecule has 0 unspecified atom stereocenters. The molecule has 0 bridgehead atoms. The smallest absolute Gasteiger partial charge is 0.319 e. The van der Waals surface area contributed by atoms with E-state index in [1.165, 1.54) is 36.3 Å². The van der Waals surface area contributed by atoms with E-state index in [0.717, 1.165) is 4.57 Å². The number of thioether (sulfide) groups is 1. The first-order chi connectivity index (χ1) is 8.58. The number of rotatable bonds is 4. The number of halogens is 3. The number of nitrogen functional groups attached to an aromatic ring is 1. The molecule has 1 aromatic carbocycles. The van der Waals surface area contributed by atoms with Gasteiger partial charge in [0.15, 0.2) is 0 Å². The Bertz CT molecular complexity index is 542. The van der Waals surface area contributed by atoms with E-state index >= 15 is 0 Å². The van der Waals surface area contributed by atoms with Crippen molar-refractivity contribution in [3.63, 3.8) is 0 Å². The van der Waals surface area contributed by atoms with Gasteiger partial charge >= 0.3 is 6.55 Å². The van der Waals surface area contributed by atoms with Crippen molar-refractivity contribution in [1.29, 1.82) is 0 Å². The van der Waals surface area contributed by atoms with Gasteiger partial charge in [-0.15, -0.1) is 11.8 Å². The monoisotopic (exact) mass is 273 g/mol. The molecule has 7 heteroatoms. The second-order valence-electron chi connectivity index (χ2n) is 3.50. The SMILES string of the molecule is Nc1ccc(SCc2nccn2C(F)F)cc1F. The third-order valence-corrected chi connectivity index (χ3v) is 3.29. The molecule has 2 aromatic rings. The summed E-state index contributed by atoms with van der Waals surface area (Å²) in [5.74, 6) is -0.0369. The Morgan fingerprint density at radius 1 is 1.39 bits per heavy atom. The van der Waals surface area contributed by atoms with Gasteiger partial charge in [-0.3, -0.25) is 4.57 Å². The normalized spacial score (nSPS) is 11.1. The average molecular weight is 273 g/mol. The molecule has 0 aliphatic rings. The topological polar surface area (TPSA) is 43.8 Å². The lowest BCUT2D eigenvalue weighted by Gasteiger charge is -2.06. The molecule has 0 fully saturated rings. The van der Waals surface area contributed by atoms with Crippen LogP contribution in [-0.2, 0) is 5.75 Å². The molecule has 0 aliphatic carbocycles. The highest BCUT2D eigenvalue weighted by molar-refractivity contribution is 7.98. The maximum Gasteiger partial charge on any atom is 0.319 e. The lowest BCUT2D eigenvalue weighted by Crippen LogP contribution is -2.02. The Labute approximate surface area is 106 Å². The molecule has 0 aliphatic heterocycles. The highest BCUT2D eigenvalue weighted by atomic mass is 32.2. The van der Waals surface area contributed by atoms with Crippen molar-refractivity contribution >= 4 is 17.4 Å². The fourth-order valence-corrected chi connectivity index (χ4v) is 2.25. The minimum atomic E-state index is -2.62. The van der Waals surface area contributed by atoms with E-state index in [2.05, 4.69) is 4.98 Å². The van der Waals surface area contributed by atoms with Crippen molar-refractivity contribution in [1.82, 2.24) is 9.55 Å². The van der Waals surface area contributed by atoms with Crippen LogP contribution >= 0.6 is 11.8 Å². The Hall–Kier alpha value is -1.63. The van der Waals surface area contributed by atoms with Crippen LogP contribution in [0.4, 0.5) is 18.9 Å². The fourth-order valence-electron chi connectivity index (χ4n) is 1.38. The van der Waals surface area contributed by atoms with Crippen molar-refractivity contribution in [3.8, 4) is 0 Å². The molecule has 3 nitrogen and oxygen atoms in total. The molecule has 18 heavy (non-hydrogen) atoms. The molecule has 2 N–H and O–H groups in total. The highest BCUT2D eigenvalue weighted by Crippen LogP contribution is 2.26. The van der Waals surface area contributed by atoms with Crippen LogP contribution in [0.5, 0.6) is 0 Å². The standard InChI is InChI=1S/C11H10F3N3S/c12-8-5-7(1-2-9(8)15)18-6-10-16-3-4-17(10)11(13)14/h1-5,11H,6,15H2. The molecule has 1 heterocycles. The van der Waals surface area contributed by atoms with Gasteiger partial charge in [-0.1, -0.05) is 0 Å². The lowest BCUT2D eigenvalue weighted by atomic mass is 10.3. The number of hydrogen-bond acceptors (Lipinski definition) is 3. The van der Waals surface area contributed by atoms with Crippen molar-refractivity contribution in [2.24, 2.45) is 0 Å². The van der Waals surface area contributed by atoms with Crippen LogP contribution in [0.2, 0.25) is 0 Å². The van der Waals surface area contributed by atoms with Gasteiger partial charge < -0.3 is 5.73 Å². The molecule has 0 radical (unpaired) electrons.